The second-order valence-corrected chi connectivity index (χ2v) is 4.40. The average molecular weight is 197 g/mol. The molecule has 74 valence electrons. The molecule has 0 aliphatic heterocycles. The molecule has 0 rings (SSSR count). The molecule has 0 aliphatic rings. The lowest BCUT2D eigenvalue weighted by Gasteiger charge is -2.06. The fourth-order valence-corrected chi connectivity index (χ4v) is 1.94. The van der Waals surface area contributed by atoms with Crippen molar-refractivity contribution in [3.63, 3.8) is 0 Å². The Morgan fingerprint density at radius 3 is 2.38 bits per heavy atom. The summed E-state index contributed by atoms with van der Waals surface area (Å²) in [5.74, 6) is 1.83. The SMILES string of the molecule is C=C/C(N)=C(\C=C)SCCC(C)C. The predicted molar refractivity (Wildman–Crippen MR) is 63.5 cm³/mol. The number of hydrogen-bond donors (Lipinski definition) is 1. The molecule has 2 N–H and O–H groups in total. The summed E-state index contributed by atoms with van der Waals surface area (Å²) in [4.78, 5) is 1.04. The summed E-state index contributed by atoms with van der Waals surface area (Å²) in [5.41, 5.74) is 6.44. The van der Waals surface area contributed by atoms with Crippen molar-refractivity contribution >= 4 is 11.8 Å². The van der Waals surface area contributed by atoms with Gasteiger partial charge in [-0.1, -0.05) is 33.1 Å². The molecule has 0 aromatic rings. The molecule has 0 saturated carbocycles. The highest BCUT2D eigenvalue weighted by Gasteiger charge is 1.99. The van der Waals surface area contributed by atoms with Gasteiger partial charge in [-0.15, -0.1) is 11.8 Å². The van der Waals surface area contributed by atoms with E-state index in [1.54, 1.807) is 23.9 Å². The molecule has 1 nitrogen and oxygen atoms in total. The minimum Gasteiger partial charge on any atom is -0.398 e. The normalized spacial score (nSPS) is 12.5. The lowest BCUT2D eigenvalue weighted by molar-refractivity contribution is 0.632. The van der Waals surface area contributed by atoms with Crippen LogP contribution in [0.25, 0.3) is 0 Å². The zero-order valence-electron chi connectivity index (χ0n) is 8.55. The van der Waals surface area contributed by atoms with Crippen molar-refractivity contribution in [2.75, 3.05) is 5.75 Å². The minimum absolute atomic E-state index is 0.726. The van der Waals surface area contributed by atoms with Crippen LogP contribution in [0.5, 0.6) is 0 Å². The number of rotatable bonds is 6. The van der Waals surface area contributed by atoms with Crippen molar-refractivity contribution in [3.05, 3.63) is 35.9 Å². The van der Waals surface area contributed by atoms with E-state index in [4.69, 9.17) is 5.73 Å². The Morgan fingerprint density at radius 1 is 1.38 bits per heavy atom. The molecule has 0 aromatic carbocycles. The molecular formula is C11H19NS. The largest absolute Gasteiger partial charge is 0.398 e. The molecule has 0 saturated heterocycles. The number of hydrogen-bond acceptors (Lipinski definition) is 2. The summed E-state index contributed by atoms with van der Waals surface area (Å²) >= 11 is 1.75. The maximum atomic E-state index is 5.71. The first-order chi connectivity index (χ1) is 6.11. The Labute approximate surface area is 85.8 Å². The van der Waals surface area contributed by atoms with Gasteiger partial charge in [0.05, 0.1) is 0 Å². The van der Waals surface area contributed by atoms with Gasteiger partial charge in [0.1, 0.15) is 0 Å². The van der Waals surface area contributed by atoms with Gasteiger partial charge in [-0.2, -0.15) is 0 Å². The second kappa shape index (κ2) is 6.84. The zero-order valence-corrected chi connectivity index (χ0v) is 9.36. The first-order valence-electron chi connectivity index (χ1n) is 4.49. The van der Waals surface area contributed by atoms with Crippen LogP contribution >= 0.6 is 11.8 Å². The van der Waals surface area contributed by atoms with Crippen LogP contribution < -0.4 is 5.73 Å². The van der Waals surface area contributed by atoms with Gasteiger partial charge in [-0.3, -0.25) is 0 Å². The van der Waals surface area contributed by atoms with Crippen molar-refractivity contribution in [3.8, 4) is 0 Å². The fraction of sp³-hybridized carbons (Fsp3) is 0.455. The van der Waals surface area contributed by atoms with E-state index in [1.807, 2.05) is 0 Å². The molecule has 0 unspecified atom stereocenters. The Hall–Kier alpha value is -0.630. The smallest absolute Gasteiger partial charge is 0.0446 e. The summed E-state index contributed by atoms with van der Waals surface area (Å²) in [6.45, 7) is 11.8. The summed E-state index contributed by atoms with van der Waals surface area (Å²) < 4.78 is 0. The molecule has 0 atom stereocenters. The Morgan fingerprint density at radius 2 is 2.00 bits per heavy atom. The summed E-state index contributed by atoms with van der Waals surface area (Å²) in [7, 11) is 0. The average Bonchev–Trinajstić information content (AvgIpc) is 2.11. The third-order valence-corrected chi connectivity index (χ3v) is 2.80. The number of allylic oxidation sites excluding steroid dienone is 2. The summed E-state index contributed by atoms with van der Waals surface area (Å²) in [6.07, 6.45) is 4.66. The second-order valence-electron chi connectivity index (χ2n) is 3.26. The van der Waals surface area contributed by atoms with Crippen molar-refractivity contribution in [2.24, 2.45) is 11.7 Å². The Bertz CT molecular complexity index is 204. The minimum atomic E-state index is 0.726. The maximum Gasteiger partial charge on any atom is 0.0446 e. The molecule has 0 radical (unpaired) electrons. The highest BCUT2D eigenvalue weighted by atomic mass is 32.2. The first-order valence-corrected chi connectivity index (χ1v) is 5.47. The molecule has 0 aliphatic carbocycles. The summed E-state index contributed by atoms with van der Waals surface area (Å²) in [6, 6.07) is 0. The molecule has 0 fully saturated rings. The van der Waals surface area contributed by atoms with Crippen LogP contribution in [0.3, 0.4) is 0 Å². The molecule has 0 heterocycles. The van der Waals surface area contributed by atoms with E-state index in [2.05, 4.69) is 27.0 Å². The van der Waals surface area contributed by atoms with Crippen LogP contribution in [0.2, 0.25) is 0 Å². The van der Waals surface area contributed by atoms with Crippen LogP contribution in [0.1, 0.15) is 20.3 Å². The van der Waals surface area contributed by atoms with E-state index >= 15 is 0 Å². The van der Waals surface area contributed by atoms with Gasteiger partial charge in [0.25, 0.3) is 0 Å². The maximum absolute atomic E-state index is 5.71. The van der Waals surface area contributed by atoms with Crippen molar-refractivity contribution < 1.29 is 0 Å². The predicted octanol–water partition coefficient (Wildman–Crippen LogP) is 3.31. The lowest BCUT2D eigenvalue weighted by atomic mass is 10.2. The van der Waals surface area contributed by atoms with Gasteiger partial charge in [0, 0.05) is 10.6 Å². The quantitative estimate of drug-likeness (QED) is 0.661. The van der Waals surface area contributed by atoms with Crippen molar-refractivity contribution in [1.29, 1.82) is 0 Å². The van der Waals surface area contributed by atoms with Crippen LogP contribution in [0.15, 0.2) is 35.9 Å². The van der Waals surface area contributed by atoms with E-state index < -0.39 is 0 Å². The van der Waals surface area contributed by atoms with Crippen LogP contribution in [0, 0.1) is 5.92 Å². The molecule has 2 heteroatoms. The van der Waals surface area contributed by atoms with Crippen LogP contribution in [0.4, 0.5) is 0 Å². The third kappa shape index (κ3) is 5.58. The molecule has 0 bridgehead atoms. The van der Waals surface area contributed by atoms with E-state index in [0.717, 1.165) is 22.3 Å². The monoisotopic (exact) mass is 197 g/mol. The molecule has 0 amide bonds. The topological polar surface area (TPSA) is 26.0 Å². The lowest BCUT2D eigenvalue weighted by Crippen LogP contribution is -1.97. The standard InChI is InChI=1S/C11H19NS/c1-5-10(12)11(6-2)13-8-7-9(3)4/h5-6,9H,1-2,7-8,12H2,3-4H3/b11-10-. The van der Waals surface area contributed by atoms with Crippen molar-refractivity contribution in [1.82, 2.24) is 0 Å². The van der Waals surface area contributed by atoms with E-state index in [1.165, 1.54) is 6.42 Å². The highest BCUT2D eigenvalue weighted by Crippen LogP contribution is 2.21. The van der Waals surface area contributed by atoms with E-state index in [9.17, 15) is 0 Å². The fourth-order valence-electron chi connectivity index (χ4n) is 0.765. The molecule has 0 spiro atoms. The van der Waals surface area contributed by atoms with Gasteiger partial charge in [-0.05, 0) is 24.2 Å². The van der Waals surface area contributed by atoms with Gasteiger partial charge >= 0.3 is 0 Å². The molecule has 0 aromatic heterocycles. The van der Waals surface area contributed by atoms with E-state index in [0.29, 0.717) is 0 Å². The zero-order chi connectivity index (χ0) is 10.3. The molecular weight excluding hydrogens is 178 g/mol. The third-order valence-electron chi connectivity index (χ3n) is 1.64. The Balaban J connectivity index is 4.00. The summed E-state index contributed by atoms with van der Waals surface area (Å²) in [5, 5.41) is 0. The van der Waals surface area contributed by atoms with Crippen molar-refractivity contribution in [2.45, 2.75) is 20.3 Å². The Kier molecular flexibility index (Phi) is 6.51. The van der Waals surface area contributed by atoms with Gasteiger partial charge in [0.2, 0.25) is 0 Å². The number of nitrogens with two attached hydrogens (primary N) is 1. The van der Waals surface area contributed by atoms with Gasteiger partial charge in [-0.25, -0.2) is 0 Å². The van der Waals surface area contributed by atoms with Crippen LogP contribution in [-0.4, -0.2) is 5.75 Å². The van der Waals surface area contributed by atoms with E-state index in [-0.39, 0.29) is 0 Å². The van der Waals surface area contributed by atoms with Crippen LogP contribution in [-0.2, 0) is 0 Å². The first kappa shape index (κ1) is 12.4. The van der Waals surface area contributed by atoms with Gasteiger partial charge in [0.15, 0.2) is 0 Å². The highest BCUT2D eigenvalue weighted by molar-refractivity contribution is 8.03. The number of thioether (sulfide) groups is 1. The molecule has 13 heavy (non-hydrogen) atoms. The van der Waals surface area contributed by atoms with Gasteiger partial charge < -0.3 is 5.73 Å².